The van der Waals surface area contributed by atoms with Crippen molar-refractivity contribution in [3.8, 4) is 0 Å². The lowest BCUT2D eigenvalue weighted by Gasteiger charge is -2.08. The normalized spacial score (nSPS) is 10.1. The molecule has 1 aromatic carbocycles. The van der Waals surface area contributed by atoms with Gasteiger partial charge < -0.3 is 11.1 Å². The average Bonchev–Trinajstić information content (AvgIpc) is 2.25. The Kier molecular flexibility index (Phi) is 3.26. The van der Waals surface area contributed by atoms with Crippen molar-refractivity contribution in [3.05, 3.63) is 40.1 Å². The highest BCUT2D eigenvalue weighted by atomic mass is 79.9. The molecule has 0 unspecified atom stereocenters. The van der Waals surface area contributed by atoms with Crippen LogP contribution in [0.25, 0.3) is 0 Å². The number of rotatable bonds is 2. The van der Waals surface area contributed by atoms with E-state index in [1.165, 1.54) is 6.33 Å². The van der Waals surface area contributed by atoms with Gasteiger partial charge in [-0.15, -0.1) is 0 Å². The molecule has 0 saturated carbocycles. The molecule has 0 amide bonds. The second-order valence-electron chi connectivity index (χ2n) is 3.06. The Balaban J connectivity index is 2.31. The molecular weight excluding hydrogens is 291 g/mol. The Morgan fingerprint density at radius 2 is 2.12 bits per heavy atom. The standard InChI is InChI=1S/C10H8BrClN4/c11-8-9(13)14-5-15-10(8)16-7-3-1-2-6(12)4-7/h1-5H,(H3,13,14,15,16). The minimum atomic E-state index is 0.388. The van der Waals surface area contributed by atoms with E-state index < -0.39 is 0 Å². The zero-order chi connectivity index (χ0) is 11.5. The van der Waals surface area contributed by atoms with E-state index in [9.17, 15) is 0 Å². The second-order valence-corrected chi connectivity index (χ2v) is 4.29. The maximum absolute atomic E-state index is 5.87. The Morgan fingerprint density at radius 1 is 1.31 bits per heavy atom. The summed E-state index contributed by atoms with van der Waals surface area (Å²) in [6.07, 6.45) is 1.40. The summed E-state index contributed by atoms with van der Waals surface area (Å²) in [5, 5.41) is 3.75. The highest BCUT2D eigenvalue weighted by molar-refractivity contribution is 9.10. The SMILES string of the molecule is Nc1ncnc(Nc2cccc(Cl)c2)c1Br. The smallest absolute Gasteiger partial charge is 0.150 e. The number of benzene rings is 1. The van der Waals surface area contributed by atoms with Gasteiger partial charge in [-0.05, 0) is 34.1 Å². The molecule has 0 aliphatic rings. The van der Waals surface area contributed by atoms with Crippen LogP contribution in [0.3, 0.4) is 0 Å². The first-order chi connectivity index (χ1) is 7.66. The lowest BCUT2D eigenvalue weighted by molar-refractivity contribution is 1.16. The summed E-state index contributed by atoms with van der Waals surface area (Å²) in [7, 11) is 0. The number of nitrogens with zero attached hydrogens (tertiary/aromatic N) is 2. The second kappa shape index (κ2) is 4.67. The number of nitrogen functional groups attached to an aromatic ring is 1. The first kappa shape index (κ1) is 11.2. The molecule has 0 radical (unpaired) electrons. The molecule has 0 aliphatic heterocycles. The van der Waals surface area contributed by atoms with E-state index >= 15 is 0 Å². The van der Waals surface area contributed by atoms with Gasteiger partial charge in [0.25, 0.3) is 0 Å². The Labute approximate surface area is 106 Å². The molecule has 4 nitrogen and oxygen atoms in total. The Bertz CT molecular complexity index is 518. The van der Waals surface area contributed by atoms with Crippen molar-refractivity contribution in [3.63, 3.8) is 0 Å². The summed E-state index contributed by atoms with van der Waals surface area (Å²) in [4.78, 5) is 7.92. The van der Waals surface area contributed by atoms with Crippen LogP contribution >= 0.6 is 27.5 Å². The van der Waals surface area contributed by atoms with E-state index in [0.717, 1.165) is 5.69 Å². The summed E-state index contributed by atoms with van der Waals surface area (Å²) in [6, 6.07) is 7.34. The number of hydrogen-bond acceptors (Lipinski definition) is 4. The fourth-order valence-corrected chi connectivity index (χ4v) is 1.67. The minimum absolute atomic E-state index is 0.388. The van der Waals surface area contributed by atoms with Gasteiger partial charge in [0.2, 0.25) is 0 Å². The summed E-state index contributed by atoms with van der Waals surface area (Å²) in [6.45, 7) is 0. The van der Waals surface area contributed by atoms with E-state index in [0.29, 0.717) is 21.1 Å². The summed E-state index contributed by atoms with van der Waals surface area (Å²) >= 11 is 9.18. The molecule has 1 heterocycles. The molecule has 0 spiro atoms. The van der Waals surface area contributed by atoms with E-state index in [4.69, 9.17) is 17.3 Å². The van der Waals surface area contributed by atoms with Crippen molar-refractivity contribution in [1.82, 2.24) is 9.97 Å². The van der Waals surface area contributed by atoms with Gasteiger partial charge in [-0.25, -0.2) is 9.97 Å². The Morgan fingerprint density at radius 3 is 2.88 bits per heavy atom. The van der Waals surface area contributed by atoms with Crippen LogP contribution in [0.15, 0.2) is 35.1 Å². The van der Waals surface area contributed by atoms with Crippen molar-refractivity contribution in [2.24, 2.45) is 0 Å². The summed E-state index contributed by atoms with van der Waals surface area (Å²) in [5.74, 6) is 0.995. The van der Waals surface area contributed by atoms with Gasteiger partial charge in [-0.1, -0.05) is 17.7 Å². The zero-order valence-corrected chi connectivity index (χ0v) is 10.5. The van der Waals surface area contributed by atoms with Crippen molar-refractivity contribution in [2.45, 2.75) is 0 Å². The largest absolute Gasteiger partial charge is 0.383 e. The first-order valence-electron chi connectivity index (χ1n) is 4.45. The van der Waals surface area contributed by atoms with Gasteiger partial charge in [0.15, 0.2) is 0 Å². The zero-order valence-electron chi connectivity index (χ0n) is 8.11. The van der Waals surface area contributed by atoms with Crippen LogP contribution in [0.5, 0.6) is 0 Å². The molecule has 16 heavy (non-hydrogen) atoms. The molecule has 0 aliphatic carbocycles. The number of nitrogens with two attached hydrogens (primary N) is 1. The van der Waals surface area contributed by atoms with Gasteiger partial charge >= 0.3 is 0 Å². The molecule has 82 valence electrons. The third-order valence-electron chi connectivity index (χ3n) is 1.90. The highest BCUT2D eigenvalue weighted by Crippen LogP contribution is 2.27. The van der Waals surface area contributed by atoms with E-state index in [2.05, 4.69) is 31.2 Å². The van der Waals surface area contributed by atoms with E-state index in [1.54, 1.807) is 12.1 Å². The lowest BCUT2D eigenvalue weighted by atomic mass is 10.3. The quantitative estimate of drug-likeness (QED) is 0.893. The van der Waals surface area contributed by atoms with Crippen molar-refractivity contribution < 1.29 is 0 Å². The van der Waals surface area contributed by atoms with Crippen LogP contribution in [0.4, 0.5) is 17.3 Å². The molecule has 0 saturated heterocycles. The third-order valence-corrected chi connectivity index (χ3v) is 2.92. The number of hydrogen-bond donors (Lipinski definition) is 2. The van der Waals surface area contributed by atoms with E-state index in [1.807, 2.05) is 12.1 Å². The van der Waals surface area contributed by atoms with Crippen LogP contribution in [-0.2, 0) is 0 Å². The average molecular weight is 300 g/mol. The van der Waals surface area contributed by atoms with Crippen molar-refractivity contribution in [1.29, 1.82) is 0 Å². The first-order valence-corrected chi connectivity index (χ1v) is 5.62. The summed E-state index contributed by atoms with van der Waals surface area (Å²) < 4.78 is 0.634. The fourth-order valence-electron chi connectivity index (χ4n) is 1.17. The van der Waals surface area contributed by atoms with Gasteiger partial charge in [0.05, 0.1) is 0 Å². The number of nitrogens with one attached hydrogen (secondary N) is 1. The van der Waals surface area contributed by atoms with Crippen LogP contribution in [-0.4, -0.2) is 9.97 Å². The lowest BCUT2D eigenvalue weighted by Crippen LogP contribution is -1.99. The number of anilines is 3. The number of aromatic nitrogens is 2. The topological polar surface area (TPSA) is 63.8 Å². The highest BCUT2D eigenvalue weighted by Gasteiger charge is 2.05. The summed E-state index contributed by atoms with van der Waals surface area (Å²) in [5.41, 5.74) is 6.48. The molecular formula is C10H8BrClN4. The molecule has 2 rings (SSSR count). The van der Waals surface area contributed by atoms with Gasteiger partial charge in [0.1, 0.15) is 22.4 Å². The molecule has 0 fully saturated rings. The van der Waals surface area contributed by atoms with Crippen molar-refractivity contribution in [2.75, 3.05) is 11.1 Å². The predicted octanol–water partition coefficient (Wildman–Crippen LogP) is 3.22. The molecule has 0 bridgehead atoms. The van der Waals surface area contributed by atoms with Crippen LogP contribution in [0.2, 0.25) is 5.02 Å². The van der Waals surface area contributed by atoms with Gasteiger partial charge in [-0.2, -0.15) is 0 Å². The fraction of sp³-hybridized carbons (Fsp3) is 0. The predicted molar refractivity (Wildman–Crippen MR) is 68.9 cm³/mol. The Hall–Kier alpha value is -1.33. The molecule has 2 aromatic rings. The molecule has 3 N–H and O–H groups in total. The van der Waals surface area contributed by atoms with Crippen LogP contribution in [0, 0.1) is 0 Å². The van der Waals surface area contributed by atoms with Crippen LogP contribution < -0.4 is 11.1 Å². The van der Waals surface area contributed by atoms with Crippen molar-refractivity contribution >= 4 is 44.9 Å². The van der Waals surface area contributed by atoms with Gasteiger partial charge in [0, 0.05) is 10.7 Å². The molecule has 0 atom stereocenters. The maximum Gasteiger partial charge on any atom is 0.150 e. The monoisotopic (exact) mass is 298 g/mol. The maximum atomic E-state index is 5.87. The number of halogens is 2. The molecule has 1 aromatic heterocycles. The minimum Gasteiger partial charge on any atom is -0.383 e. The molecule has 6 heteroatoms. The van der Waals surface area contributed by atoms with E-state index in [-0.39, 0.29) is 0 Å². The third kappa shape index (κ3) is 2.43. The van der Waals surface area contributed by atoms with Crippen LogP contribution in [0.1, 0.15) is 0 Å². The van der Waals surface area contributed by atoms with Gasteiger partial charge in [-0.3, -0.25) is 0 Å².